The Hall–Kier alpha value is -2.05. The quantitative estimate of drug-likeness (QED) is 0.539. The Morgan fingerprint density at radius 2 is 1.71 bits per heavy atom. The highest BCUT2D eigenvalue weighted by Crippen LogP contribution is 2.32. The average Bonchev–Trinajstić information content (AvgIpc) is 2.54. The fourth-order valence-corrected chi connectivity index (χ4v) is 2.85. The molecule has 2 aromatic rings. The molecule has 0 unspecified atom stereocenters. The monoisotopic (exact) mass is 350 g/mol. The van der Waals surface area contributed by atoms with Gasteiger partial charge in [0.1, 0.15) is 5.75 Å². The molecule has 6 heteroatoms. The smallest absolute Gasteiger partial charge is 0.294 e. The van der Waals surface area contributed by atoms with Crippen molar-refractivity contribution < 1.29 is 22.8 Å². The van der Waals surface area contributed by atoms with Crippen LogP contribution in [0, 0.1) is 0 Å². The lowest BCUT2D eigenvalue weighted by Crippen LogP contribution is -1.97. The number of phenolic OH excluding ortho intramolecular Hbond substituents is 1. The van der Waals surface area contributed by atoms with E-state index in [-0.39, 0.29) is 16.4 Å². The van der Waals surface area contributed by atoms with Crippen LogP contribution in [0.3, 0.4) is 0 Å². The minimum Gasteiger partial charge on any atom is -0.504 e. The number of unbranched alkanes of at least 4 members (excludes halogenated alkanes) is 3. The largest absolute Gasteiger partial charge is 0.504 e. The second kappa shape index (κ2) is 8.17. The predicted octanol–water partition coefficient (Wildman–Crippen LogP) is 4.55. The summed E-state index contributed by atoms with van der Waals surface area (Å²) < 4.78 is 36.5. The summed E-state index contributed by atoms with van der Waals surface area (Å²) in [6.45, 7) is 2.18. The Balaban J connectivity index is 2.01. The van der Waals surface area contributed by atoms with Gasteiger partial charge in [0, 0.05) is 6.07 Å². The average molecular weight is 350 g/mol. The van der Waals surface area contributed by atoms with Gasteiger partial charge in [-0.2, -0.15) is 8.42 Å². The first-order valence-electron chi connectivity index (χ1n) is 7.97. The van der Waals surface area contributed by atoms with E-state index in [0.717, 1.165) is 18.9 Å². The van der Waals surface area contributed by atoms with E-state index in [1.165, 1.54) is 37.0 Å². The molecule has 0 atom stereocenters. The van der Waals surface area contributed by atoms with Crippen molar-refractivity contribution in [1.29, 1.82) is 0 Å². The van der Waals surface area contributed by atoms with Crippen molar-refractivity contribution in [2.75, 3.05) is 0 Å². The molecule has 2 rings (SSSR count). The molecule has 0 saturated heterocycles. The summed E-state index contributed by atoms with van der Waals surface area (Å²) in [7, 11) is -4.35. The van der Waals surface area contributed by atoms with Crippen LogP contribution in [0.1, 0.15) is 38.2 Å². The van der Waals surface area contributed by atoms with Crippen molar-refractivity contribution in [1.82, 2.24) is 0 Å². The lowest BCUT2D eigenvalue weighted by molar-refractivity contribution is 0.408. The highest BCUT2D eigenvalue weighted by atomic mass is 32.2. The molecule has 5 nitrogen and oxygen atoms in total. The van der Waals surface area contributed by atoms with Gasteiger partial charge in [-0.05, 0) is 42.7 Å². The molecule has 24 heavy (non-hydrogen) atoms. The number of ether oxygens (including phenoxy) is 1. The molecule has 0 saturated carbocycles. The lowest BCUT2D eigenvalue weighted by Gasteiger charge is -2.09. The first-order chi connectivity index (χ1) is 11.4. The number of phenols is 1. The van der Waals surface area contributed by atoms with Crippen molar-refractivity contribution in [3.63, 3.8) is 0 Å². The predicted molar refractivity (Wildman–Crippen MR) is 92.3 cm³/mol. The number of aromatic hydroxyl groups is 1. The van der Waals surface area contributed by atoms with Crippen LogP contribution < -0.4 is 4.74 Å². The molecule has 0 aliphatic heterocycles. The fourth-order valence-electron chi connectivity index (χ4n) is 2.35. The van der Waals surface area contributed by atoms with E-state index in [1.807, 2.05) is 24.3 Å². The van der Waals surface area contributed by atoms with Gasteiger partial charge in [0.05, 0.1) is 4.90 Å². The summed E-state index contributed by atoms with van der Waals surface area (Å²) in [5.74, 6) is 0.314. The van der Waals surface area contributed by atoms with Crippen molar-refractivity contribution in [2.24, 2.45) is 0 Å². The SMILES string of the molecule is CCCCCCc1ccc(Oc2ccc(S(=O)(=O)O)cc2O)cc1. The summed E-state index contributed by atoms with van der Waals surface area (Å²) >= 11 is 0. The molecule has 0 aromatic heterocycles. The molecule has 0 spiro atoms. The maximum absolute atomic E-state index is 11.0. The Kier molecular flexibility index (Phi) is 6.23. The van der Waals surface area contributed by atoms with Gasteiger partial charge in [0.2, 0.25) is 0 Å². The van der Waals surface area contributed by atoms with Crippen LogP contribution in [0.4, 0.5) is 0 Å². The molecule has 0 bridgehead atoms. The minimum atomic E-state index is -4.35. The number of rotatable bonds is 8. The summed E-state index contributed by atoms with van der Waals surface area (Å²) in [5, 5.41) is 9.84. The summed E-state index contributed by atoms with van der Waals surface area (Å²) in [5.41, 5.74) is 1.23. The lowest BCUT2D eigenvalue weighted by atomic mass is 10.1. The Bertz CT molecular complexity index is 766. The van der Waals surface area contributed by atoms with Gasteiger partial charge in [-0.1, -0.05) is 38.3 Å². The summed E-state index contributed by atoms with van der Waals surface area (Å²) in [6.07, 6.45) is 5.87. The topological polar surface area (TPSA) is 83.8 Å². The van der Waals surface area contributed by atoms with Crippen LogP contribution in [0.15, 0.2) is 47.4 Å². The van der Waals surface area contributed by atoms with Crippen molar-refractivity contribution in [2.45, 2.75) is 43.9 Å². The maximum atomic E-state index is 11.0. The molecule has 0 radical (unpaired) electrons. The molecule has 2 N–H and O–H groups in total. The standard InChI is InChI=1S/C18H22O5S/c1-2-3-4-5-6-14-7-9-15(10-8-14)23-18-12-11-16(13-17(18)19)24(20,21)22/h7-13,19H,2-6H2,1H3,(H,20,21,22). The zero-order chi connectivity index (χ0) is 17.6. The second-order valence-electron chi connectivity index (χ2n) is 5.66. The van der Waals surface area contributed by atoms with Crippen LogP contribution in [0.25, 0.3) is 0 Å². The first-order valence-corrected chi connectivity index (χ1v) is 9.41. The van der Waals surface area contributed by atoms with E-state index in [1.54, 1.807) is 0 Å². The van der Waals surface area contributed by atoms with Crippen molar-refractivity contribution >= 4 is 10.1 Å². The van der Waals surface area contributed by atoms with Crippen LogP contribution in [0.5, 0.6) is 17.2 Å². The summed E-state index contributed by atoms with van der Waals surface area (Å²) in [4.78, 5) is -0.380. The first kappa shape index (κ1) is 18.3. The van der Waals surface area contributed by atoms with Gasteiger partial charge in [0.25, 0.3) is 10.1 Å². The Labute approximate surface area is 142 Å². The van der Waals surface area contributed by atoms with E-state index in [4.69, 9.17) is 9.29 Å². The molecule has 2 aromatic carbocycles. The van der Waals surface area contributed by atoms with Gasteiger partial charge in [-0.3, -0.25) is 4.55 Å². The van der Waals surface area contributed by atoms with Gasteiger partial charge in [-0.25, -0.2) is 0 Å². The highest BCUT2D eigenvalue weighted by molar-refractivity contribution is 7.85. The third-order valence-electron chi connectivity index (χ3n) is 3.70. The molecular formula is C18H22O5S. The molecule has 130 valence electrons. The Morgan fingerprint density at radius 1 is 1.00 bits per heavy atom. The summed E-state index contributed by atoms with van der Waals surface area (Å²) in [6, 6.07) is 11.0. The third-order valence-corrected chi connectivity index (χ3v) is 4.55. The van der Waals surface area contributed by atoms with Crippen LogP contribution in [-0.4, -0.2) is 18.1 Å². The molecule has 0 aliphatic rings. The van der Waals surface area contributed by atoms with Crippen LogP contribution >= 0.6 is 0 Å². The van der Waals surface area contributed by atoms with E-state index >= 15 is 0 Å². The fraction of sp³-hybridized carbons (Fsp3) is 0.333. The number of hydrogen-bond donors (Lipinski definition) is 2. The zero-order valence-corrected chi connectivity index (χ0v) is 14.4. The van der Waals surface area contributed by atoms with Crippen LogP contribution in [0.2, 0.25) is 0 Å². The molecule has 0 fully saturated rings. The van der Waals surface area contributed by atoms with Gasteiger partial charge in [0.15, 0.2) is 11.5 Å². The van der Waals surface area contributed by atoms with Gasteiger partial charge in [-0.15, -0.1) is 0 Å². The number of benzene rings is 2. The van der Waals surface area contributed by atoms with E-state index < -0.39 is 10.1 Å². The van der Waals surface area contributed by atoms with Gasteiger partial charge < -0.3 is 9.84 Å². The number of aryl methyl sites for hydroxylation is 1. The molecule has 0 amide bonds. The van der Waals surface area contributed by atoms with Crippen molar-refractivity contribution in [3.8, 4) is 17.2 Å². The van der Waals surface area contributed by atoms with E-state index in [2.05, 4.69) is 6.92 Å². The second-order valence-corrected chi connectivity index (χ2v) is 7.08. The van der Waals surface area contributed by atoms with Gasteiger partial charge >= 0.3 is 0 Å². The zero-order valence-electron chi connectivity index (χ0n) is 13.6. The Morgan fingerprint density at radius 3 is 2.29 bits per heavy atom. The highest BCUT2D eigenvalue weighted by Gasteiger charge is 2.13. The van der Waals surface area contributed by atoms with E-state index in [0.29, 0.717) is 5.75 Å². The normalized spacial score (nSPS) is 11.4. The third kappa shape index (κ3) is 5.25. The molecule has 0 heterocycles. The van der Waals surface area contributed by atoms with Crippen molar-refractivity contribution in [3.05, 3.63) is 48.0 Å². The number of hydrogen-bond acceptors (Lipinski definition) is 4. The minimum absolute atomic E-state index is 0.123. The van der Waals surface area contributed by atoms with E-state index in [9.17, 15) is 13.5 Å². The van der Waals surface area contributed by atoms with Crippen LogP contribution in [-0.2, 0) is 16.5 Å². The maximum Gasteiger partial charge on any atom is 0.294 e. The molecule has 0 aliphatic carbocycles. The molecular weight excluding hydrogens is 328 g/mol.